The molecule has 2 rings (SSSR count). The van der Waals surface area contributed by atoms with E-state index in [0.717, 1.165) is 17.8 Å². The molecule has 106 valence electrons. The monoisotopic (exact) mass is 272 g/mol. The molecule has 1 unspecified atom stereocenters. The Labute approximate surface area is 120 Å². The predicted molar refractivity (Wildman–Crippen MR) is 82.9 cm³/mol. The molecule has 0 saturated heterocycles. The van der Waals surface area contributed by atoms with Gasteiger partial charge in [-0.25, -0.2) is 4.39 Å². The first-order valence-electron chi connectivity index (χ1n) is 6.91. The summed E-state index contributed by atoms with van der Waals surface area (Å²) in [7, 11) is 1.93. The van der Waals surface area contributed by atoms with E-state index >= 15 is 0 Å². The number of halogens is 1. The highest BCUT2D eigenvalue weighted by Gasteiger charge is 2.16. The normalized spacial score (nSPS) is 12.2. The number of anilines is 2. The molecule has 3 heteroatoms. The maximum Gasteiger partial charge on any atom is 0.130 e. The Kier molecular flexibility index (Phi) is 4.40. The number of benzene rings is 2. The van der Waals surface area contributed by atoms with E-state index in [9.17, 15) is 4.39 Å². The first-order valence-corrected chi connectivity index (χ1v) is 6.91. The van der Waals surface area contributed by atoms with Gasteiger partial charge < -0.3 is 10.6 Å². The van der Waals surface area contributed by atoms with Crippen molar-refractivity contribution in [3.05, 3.63) is 59.4 Å². The van der Waals surface area contributed by atoms with Crippen LogP contribution in [0.5, 0.6) is 0 Å². The van der Waals surface area contributed by atoms with Gasteiger partial charge in [0, 0.05) is 30.0 Å². The van der Waals surface area contributed by atoms with E-state index < -0.39 is 0 Å². The Morgan fingerprint density at radius 1 is 1.15 bits per heavy atom. The maximum absolute atomic E-state index is 14.0. The van der Waals surface area contributed by atoms with E-state index in [1.54, 1.807) is 13.0 Å². The number of hydrogen-bond donors (Lipinski definition) is 1. The van der Waals surface area contributed by atoms with Gasteiger partial charge in [-0.2, -0.15) is 0 Å². The molecule has 0 fully saturated rings. The van der Waals surface area contributed by atoms with Gasteiger partial charge in [-0.15, -0.1) is 0 Å². The molecule has 2 N–H and O–H groups in total. The third-order valence-corrected chi connectivity index (χ3v) is 3.58. The minimum Gasteiger partial charge on any atom is -0.344 e. The van der Waals surface area contributed by atoms with Crippen molar-refractivity contribution in [1.29, 1.82) is 0 Å². The number of nitrogens with zero attached hydrogens (tertiary/aromatic N) is 1. The highest BCUT2D eigenvalue weighted by Crippen LogP contribution is 2.31. The molecule has 0 saturated carbocycles. The van der Waals surface area contributed by atoms with Crippen LogP contribution in [0.3, 0.4) is 0 Å². The topological polar surface area (TPSA) is 29.3 Å². The van der Waals surface area contributed by atoms with Crippen LogP contribution in [0, 0.1) is 5.82 Å². The van der Waals surface area contributed by atoms with Gasteiger partial charge in [-0.3, -0.25) is 0 Å². The maximum atomic E-state index is 14.0. The van der Waals surface area contributed by atoms with E-state index in [4.69, 9.17) is 5.73 Å². The van der Waals surface area contributed by atoms with Crippen LogP contribution < -0.4 is 10.6 Å². The van der Waals surface area contributed by atoms with E-state index in [1.807, 2.05) is 18.0 Å². The number of rotatable bonds is 4. The summed E-state index contributed by atoms with van der Waals surface area (Å²) in [6, 6.07) is 13.0. The molecule has 2 aromatic rings. The molecular weight excluding hydrogens is 251 g/mol. The molecule has 0 aliphatic heterocycles. The van der Waals surface area contributed by atoms with Crippen molar-refractivity contribution < 1.29 is 4.39 Å². The van der Waals surface area contributed by atoms with Crippen LogP contribution in [0.15, 0.2) is 42.5 Å². The summed E-state index contributed by atoms with van der Waals surface area (Å²) < 4.78 is 14.0. The molecule has 0 aliphatic rings. The summed E-state index contributed by atoms with van der Waals surface area (Å²) in [4.78, 5) is 1.97. The predicted octanol–water partition coefficient (Wildman–Crippen LogP) is 4.18. The Balaban J connectivity index is 2.42. The van der Waals surface area contributed by atoms with Crippen LogP contribution in [-0.4, -0.2) is 7.05 Å². The first kappa shape index (κ1) is 14.5. The van der Waals surface area contributed by atoms with Gasteiger partial charge in [0.1, 0.15) is 5.82 Å². The lowest BCUT2D eigenvalue weighted by Gasteiger charge is -2.24. The minimum atomic E-state index is -0.344. The second-order valence-corrected chi connectivity index (χ2v) is 5.04. The second-order valence-electron chi connectivity index (χ2n) is 5.04. The van der Waals surface area contributed by atoms with Crippen LogP contribution in [0.2, 0.25) is 0 Å². The lowest BCUT2D eigenvalue weighted by Crippen LogP contribution is -2.17. The molecule has 1 atom stereocenters. The Morgan fingerprint density at radius 3 is 2.35 bits per heavy atom. The summed E-state index contributed by atoms with van der Waals surface area (Å²) in [5.74, 6) is -0.255. The van der Waals surface area contributed by atoms with Crippen LogP contribution in [0.1, 0.15) is 31.0 Å². The van der Waals surface area contributed by atoms with E-state index in [-0.39, 0.29) is 11.9 Å². The van der Waals surface area contributed by atoms with Crippen LogP contribution in [-0.2, 0) is 6.42 Å². The smallest absolute Gasteiger partial charge is 0.130 e. The fraction of sp³-hybridized carbons (Fsp3) is 0.294. The Bertz CT molecular complexity index is 576. The van der Waals surface area contributed by atoms with E-state index in [2.05, 4.69) is 31.2 Å². The highest BCUT2D eigenvalue weighted by atomic mass is 19.1. The SMILES string of the molecule is CCc1ccc(N(C)c2cccc(F)c2C(C)N)cc1. The van der Waals surface area contributed by atoms with Crippen molar-refractivity contribution in [2.75, 3.05) is 11.9 Å². The zero-order valence-electron chi connectivity index (χ0n) is 12.2. The highest BCUT2D eigenvalue weighted by molar-refractivity contribution is 5.66. The third kappa shape index (κ3) is 2.83. The van der Waals surface area contributed by atoms with E-state index in [0.29, 0.717) is 5.56 Å². The largest absolute Gasteiger partial charge is 0.344 e. The average Bonchev–Trinajstić information content (AvgIpc) is 2.46. The zero-order chi connectivity index (χ0) is 14.7. The van der Waals surface area contributed by atoms with Gasteiger partial charge in [-0.05, 0) is 43.2 Å². The summed E-state index contributed by atoms with van der Waals surface area (Å²) in [6.45, 7) is 3.93. The lowest BCUT2D eigenvalue weighted by molar-refractivity contribution is 0.594. The zero-order valence-corrected chi connectivity index (χ0v) is 12.2. The first-order chi connectivity index (χ1) is 9.54. The molecule has 20 heavy (non-hydrogen) atoms. The Hall–Kier alpha value is -1.87. The van der Waals surface area contributed by atoms with Gasteiger partial charge in [0.2, 0.25) is 0 Å². The third-order valence-electron chi connectivity index (χ3n) is 3.58. The molecule has 0 bridgehead atoms. The average molecular weight is 272 g/mol. The summed E-state index contributed by atoms with van der Waals surface area (Å²) >= 11 is 0. The standard InChI is InChI=1S/C17H21FN2/c1-4-13-8-10-14(11-9-13)20(3)16-7-5-6-15(18)17(16)12(2)19/h5-12H,4,19H2,1-3H3. The minimum absolute atomic E-state index is 0.255. The van der Waals surface area contributed by atoms with Crippen molar-refractivity contribution in [2.45, 2.75) is 26.3 Å². The van der Waals surface area contributed by atoms with Crippen molar-refractivity contribution >= 4 is 11.4 Å². The van der Waals surface area contributed by atoms with Gasteiger partial charge in [0.15, 0.2) is 0 Å². The summed E-state index contributed by atoms with van der Waals surface area (Å²) in [5.41, 5.74) is 9.58. The summed E-state index contributed by atoms with van der Waals surface area (Å²) in [6.07, 6.45) is 1.01. The molecule has 2 nitrogen and oxygen atoms in total. The number of aryl methyl sites for hydroxylation is 1. The lowest BCUT2D eigenvalue weighted by atomic mass is 10.0. The molecular formula is C17H21FN2. The fourth-order valence-corrected chi connectivity index (χ4v) is 2.36. The molecule has 0 heterocycles. The molecule has 0 radical (unpaired) electrons. The molecule has 0 amide bonds. The van der Waals surface area contributed by atoms with E-state index in [1.165, 1.54) is 11.6 Å². The second kappa shape index (κ2) is 6.06. The van der Waals surface area contributed by atoms with Crippen molar-refractivity contribution in [2.24, 2.45) is 5.73 Å². The van der Waals surface area contributed by atoms with Crippen molar-refractivity contribution in [3.63, 3.8) is 0 Å². The van der Waals surface area contributed by atoms with Crippen LogP contribution in [0.25, 0.3) is 0 Å². The quantitative estimate of drug-likeness (QED) is 0.905. The van der Waals surface area contributed by atoms with Gasteiger partial charge in [0.25, 0.3) is 0 Å². The van der Waals surface area contributed by atoms with Crippen molar-refractivity contribution in [3.8, 4) is 0 Å². The summed E-state index contributed by atoms with van der Waals surface area (Å²) in [5, 5.41) is 0. The van der Waals surface area contributed by atoms with Crippen LogP contribution in [0.4, 0.5) is 15.8 Å². The van der Waals surface area contributed by atoms with Crippen LogP contribution >= 0.6 is 0 Å². The molecule has 0 spiro atoms. The molecule has 2 aromatic carbocycles. The molecule has 0 aliphatic carbocycles. The van der Waals surface area contributed by atoms with Gasteiger partial charge in [0.05, 0.1) is 0 Å². The van der Waals surface area contributed by atoms with Crippen molar-refractivity contribution in [1.82, 2.24) is 0 Å². The van der Waals surface area contributed by atoms with Gasteiger partial charge in [-0.1, -0.05) is 25.1 Å². The number of nitrogens with two attached hydrogens (primary N) is 1. The fourth-order valence-electron chi connectivity index (χ4n) is 2.36. The Morgan fingerprint density at radius 2 is 1.80 bits per heavy atom. The molecule has 0 aromatic heterocycles. The van der Waals surface area contributed by atoms with Gasteiger partial charge >= 0.3 is 0 Å². The number of hydrogen-bond acceptors (Lipinski definition) is 2.